The molecule has 2 unspecified atom stereocenters. The number of hydrogen-bond donors (Lipinski definition) is 1. The zero-order chi connectivity index (χ0) is 15.1. The molecule has 0 amide bonds. The normalized spacial score (nSPS) is 20.4. The Hall–Kier alpha value is -0.860. The van der Waals surface area contributed by atoms with Gasteiger partial charge in [-0.3, -0.25) is 0 Å². The maximum Gasteiger partial charge on any atom is 0.0575 e. The molecular weight excluding hydrogens is 258 g/mol. The maximum atomic E-state index is 5.86. The van der Waals surface area contributed by atoms with Crippen molar-refractivity contribution in [3.63, 3.8) is 0 Å². The average molecular weight is 289 g/mol. The van der Waals surface area contributed by atoms with E-state index in [0.29, 0.717) is 12.1 Å². The molecule has 0 radical (unpaired) electrons. The van der Waals surface area contributed by atoms with Crippen LogP contribution in [0.4, 0.5) is 0 Å². The van der Waals surface area contributed by atoms with Crippen molar-refractivity contribution >= 4 is 0 Å². The van der Waals surface area contributed by atoms with Crippen LogP contribution in [0.1, 0.15) is 55.7 Å². The van der Waals surface area contributed by atoms with Gasteiger partial charge in [0.1, 0.15) is 0 Å². The molecule has 1 aliphatic heterocycles. The third-order valence-corrected chi connectivity index (χ3v) is 4.66. The smallest absolute Gasteiger partial charge is 0.0575 e. The standard InChI is InChI=1S/C19H31NO/c1-4-20-18(10-11-19-7-5-6-12-21-19)14-17-9-8-15(2)16(3)13-17/h8-9,13,18-20H,4-7,10-12,14H2,1-3H3. The van der Waals surface area contributed by atoms with Gasteiger partial charge in [-0.05, 0) is 75.6 Å². The van der Waals surface area contributed by atoms with E-state index in [1.54, 1.807) is 0 Å². The molecule has 0 bridgehead atoms. The van der Waals surface area contributed by atoms with Crippen molar-refractivity contribution in [3.8, 4) is 0 Å². The van der Waals surface area contributed by atoms with Crippen LogP contribution < -0.4 is 5.32 Å². The fourth-order valence-corrected chi connectivity index (χ4v) is 3.20. The highest BCUT2D eigenvalue weighted by molar-refractivity contribution is 5.30. The molecule has 1 aromatic rings. The molecule has 2 atom stereocenters. The molecule has 1 fully saturated rings. The Morgan fingerprint density at radius 1 is 1.24 bits per heavy atom. The third-order valence-electron chi connectivity index (χ3n) is 4.66. The highest BCUT2D eigenvalue weighted by Gasteiger charge is 2.16. The van der Waals surface area contributed by atoms with Gasteiger partial charge in [-0.15, -0.1) is 0 Å². The molecule has 118 valence electrons. The zero-order valence-electron chi connectivity index (χ0n) is 14.0. The summed E-state index contributed by atoms with van der Waals surface area (Å²) in [5.74, 6) is 0. The molecule has 1 N–H and O–H groups in total. The summed E-state index contributed by atoms with van der Waals surface area (Å²) in [6.07, 6.45) is 7.88. The summed E-state index contributed by atoms with van der Waals surface area (Å²) in [5.41, 5.74) is 4.24. The number of benzene rings is 1. The number of ether oxygens (including phenoxy) is 1. The predicted octanol–water partition coefficient (Wildman–Crippen LogP) is 4.17. The summed E-state index contributed by atoms with van der Waals surface area (Å²) >= 11 is 0. The second-order valence-corrected chi connectivity index (χ2v) is 6.44. The summed E-state index contributed by atoms with van der Waals surface area (Å²) in [6, 6.07) is 7.45. The van der Waals surface area contributed by atoms with E-state index >= 15 is 0 Å². The Bertz CT molecular complexity index is 424. The van der Waals surface area contributed by atoms with Crippen LogP contribution in [0.5, 0.6) is 0 Å². The topological polar surface area (TPSA) is 21.3 Å². The number of nitrogens with one attached hydrogen (secondary N) is 1. The number of hydrogen-bond acceptors (Lipinski definition) is 2. The minimum Gasteiger partial charge on any atom is -0.378 e. The van der Waals surface area contributed by atoms with Gasteiger partial charge >= 0.3 is 0 Å². The Labute approximate surface area is 130 Å². The lowest BCUT2D eigenvalue weighted by molar-refractivity contribution is 0.00860. The predicted molar refractivity (Wildman–Crippen MR) is 89.9 cm³/mol. The van der Waals surface area contributed by atoms with Crippen molar-refractivity contribution in [3.05, 3.63) is 34.9 Å². The van der Waals surface area contributed by atoms with Crippen molar-refractivity contribution in [2.45, 2.75) is 71.4 Å². The Morgan fingerprint density at radius 3 is 2.76 bits per heavy atom. The monoisotopic (exact) mass is 289 g/mol. The van der Waals surface area contributed by atoms with E-state index in [1.165, 1.54) is 48.8 Å². The molecule has 2 heteroatoms. The van der Waals surface area contributed by atoms with Crippen LogP contribution in [-0.2, 0) is 11.2 Å². The van der Waals surface area contributed by atoms with E-state index < -0.39 is 0 Å². The first kappa shape index (κ1) is 16.5. The van der Waals surface area contributed by atoms with Crippen molar-refractivity contribution in [2.24, 2.45) is 0 Å². The lowest BCUT2D eigenvalue weighted by Crippen LogP contribution is -2.32. The van der Waals surface area contributed by atoms with E-state index in [1.807, 2.05) is 0 Å². The van der Waals surface area contributed by atoms with Crippen LogP contribution in [0, 0.1) is 13.8 Å². The van der Waals surface area contributed by atoms with E-state index in [9.17, 15) is 0 Å². The largest absolute Gasteiger partial charge is 0.378 e. The molecule has 2 rings (SSSR count). The quantitative estimate of drug-likeness (QED) is 0.813. The molecule has 21 heavy (non-hydrogen) atoms. The summed E-state index contributed by atoms with van der Waals surface area (Å²) < 4.78 is 5.86. The fraction of sp³-hybridized carbons (Fsp3) is 0.684. The SMILES string of the molecule is CCNC(CCC1CCCCO1)Cc1ccc(C)c(C)c1. The van der Waals surface area contributed by atoms with Crippen LogP contribution in [0.15, 0.2) is 18.2 Å². The molecule has 1 saturated heterocycles. The lowest BCUT2D eigenvalue weighted by atomic mass is 9.96. The van der Waals surface area contributed by atoms with Crippen LogP contribution in [0.25, 0.3) is 0 Å². The molecule has 1 heterocycles. The summed E-state index contributed by atoms with van der Waals surface area (Å²) in [4.78, 5) is 0. The van der Waals surface area contributed by atoms with Crippen LogP contribution >= 0.6 is 0 Å². The first-order valence-corrected chi connectivity index (χ1v) is 8.60. The second kappa shape index (κ2) is 8.55. The Kier molecular flexibility index (Phi) is 6.72. The Balaban J connectivity index is 1.86. The summed E-state index contributed by atoms with van der Waals surface area (Å²) in [7, 11) is 0. The Morgan fingerprint density at radius 2 is 2.10 bits per heavy atom. The van der Waals surface area contributed by atoms with E-state index in [2.05, 4.69) is 44.3 Å². The van der Waals surface area contributed by atoms with Crippen LogP contribution in [-0.4, -0.2) is 25.3 Å². The zero-order valence-corrected chi connectivity index (χ0v) is 14.0. The third kappa shape index (κ3) is 5.44. The maximum absolute atomic E-state index is 5.86. The average Bonchev–Trinajstić information content (AvgIpc) is 2.50. The molecular formula is C19H31NO. The summed E-state index contributed by atoms with van der Waals surface area (Å²) in [5, 5.41) is 3.65. The van der Waals surface area contributed by atoms with Gasteiger partial charge in [0.15, 0.2) is 0 Å². The van der Waals surface area contributed by atoms with Crippen molar-refractivity contribution < 1.29 is 4.74 Å². The minimum atomic E-state index is 0.500. The highest BCUT2D eigenvalue weighted by atomic mass is 16.5. The molecule has 2 nitrogen and oxygen atoms in total. The molecule has 1 aromatic carbocycles. The van der Waals surface area contributed by atoms with Gasteiger partial charge in [-0.25, -0.2) is 0 Å². The van der Waals surface area contributed by atoms with Crippen LogP contribution in [0.2, 0.25) is 0 Å². The fourth-order valence-electron chi connectivity index (χ4n) is 3.20. The van der Waals surface area contributed by atoms with Crippen molar-refractivity contribution in [1.82, 2.24) is 5.32 Å². The van der Waals surface area contributed by atoms with Crippen molar-refractivity contribution in [2.75, 3.05) is 13.2 Å². The minimum absolute atomic E-state index is 0.500. The van der Waals surface area contributed by atoms with Gasteiger partial charge in [-0.2, -0.15) is 0 Å². The number of rotatable bonds is 7. The van der Waals surface area contributed by atoms with Crippen molar-refractivity contribution in [1.29, 1.82) is 0 Å². The van der Waals surface area contributed by atoms with Gasteiger partial charge in [0, 0.05) is 12.6 Å². The second-order valence-electron chi connectivity index (χ2n) is 6.44. The number of aryl methyl sites for hydroxylation is 2. The molecule has 1 aliphatic rings. The molecule has 0 aliphatic carbocycles. The first-order chi connectivity index (χ1) is 10.2. The molecule has 0 spiro atoms. The summed E-state index contributed by atoms with van der Waals surface area (Å²) in [6.45, 7) is 8.59. The van der Waals surface area contributed by atoms with Gasteiger partial charge in [-0.1, -0.05) is 25.1 Å². The van der Waals surface area contributed by atoms with Crippen LogP contribution in [0.3, 0.4) is 0 Å². The van der Waals surface area contributed by atoms with Gasteiger partial charge < -0.3 is 10.1 Å². The van der Waals surface area contributed by atoms with E-state index in [4.69, 9.17) is 4.74 Å². The first-order valence-electron chi connectivity index (χ1n) is 8.60. The van der Waals surface area contributed by atoms with Gasteiger partial charge in [0.25, 0.3) is 0 Å². The molecule has 0 aromatic heterocycles. The van der Waals surface area contributed by atoms with E-state index in [0.717, 1.165) is 19.6 Å². The van der Waals surface area contributed by atoms with Gasteiger partial charge in [0.05, 0.1) is 6.10 Å². The lowest BCUT2D eigenvalue weighted by Gasteiger charge is -2.25. The van der Waals surface area contributed by atoms with Gasteiger partial charge in [0.2, 0.25) is 0 Å². The number of likely N-dealkylation sites (N-methyl/N-ethyl adjacent to an activating group) is 1. The van der Waals surface area contributed by atoms with E-state index in [-0.39, 0.29) is 0 Å². The highest BCUT2D eigenvalue weighted by Crippen LogP contribution is 2.19. The molecule has 0 saturated carbocycles.